The summed E-state index contributed by atoms with van der Waals surface area (Å²) in [4.78, 5) is 13.3. The minimum atomic E-state index is -0.936. The Bertz CT molecular complexity index is 404. The van der Waals surface area contributed by atoms with Crippen molar-refractivity contribution in [2.24, 2.45) is 0 Å². The van der Waals surface area contributed by atoms with E-state index in [0.717, 1.165) is 13.0 Å². The first-order valence-corrected chi connectivity index (χ1v) is 5.91. The third-order valence-electron chi connectivity index (χ3n) is 3.05. The third-order valence-corrected chi connectivity index (χ3v) is 3.05. The highest BCUT2D eigenvalue weighted by molar-refractivity contribution is 5.98. The molecular weight excluding hydrogens is 216 g/mol. The number of carbonyl (C=O) groups is 1. The fraction of sp³-hybridized carbons (Fsp3) is 0.462. The summed E-state index contributed by atoms with van der Waals surface area (Å²) in [6.45, 7) is 6.89. The molecule has 3 N–H and O–H groups in total. The van der Waals surface area contributed by atoms with Gasteiger partial charge in [-0.1, -0.05) is 13.0 Å². The standard InChI is InChI=1S/C13H20N2O2/c1-4-9(3)15(5-2)12-10(13(16)17)7-6-8-11(12)14/h6-9H,4-5,14H2,1-3H3,(H,16,17). The predicted molar refractivity (Wildman–Crippen MR) is 70.6 cm³/mol. The average Bonchev–Trinajstić information content (AvgIpc) is 2.31. The Kier molecular flexibility index (Phi) is 4.37. The van der Waals surface area contributed by atoms with Crippen LogP contribution in [0.15, 0.2) is 18.2 Å². The van der Waals surface area contributed by atoms with Crippen molar-refractivity contribution in [2.45, 2.75) is 33.2 Å². The number of anilines is 2. The maximum absolute atomic E-state index is 11.2. The zero-order chi connectivity index (χ0) is 13.0. The van der Waals surface area contributed by atoms with Gasteiger partial charge in [-0.3, -0.25) is 0 Å². The molecule has 0 spiro atoms. The van der Waals surface area contributed by atoms with E-state index < -0.39 is 5.97 Å². The summed E-state index contributed by atoms with van der Waals surface area (Å²) in [5.74, 6) is -0.936. The number of nitrogen functional groups attached to an aromatic ring is 1. The van der Waals surface area contributed by atoms with Crippen molar-refractivity contribution in [3.63, 3.8) is 0 Å². The summed E-state index contributed by atoms with van der Waals surface area (Å²) < 4.78 is 0. The van der Waals surface area contributed by atoms with Gasteiger partial charge in [-0.2, -0.15) is 0 Å². The Morgan fingerprint density at radius 3 is 2.59 bits per heavy atom. The highest BCUT2D eigenvalue weighted by atomic mass is 16.4. The van der Waals surface area contributed by atoms with Gasteiger partial charge in [0.1, 0.15) is 0 Å². The van der Waals surface area contributed by atoms with E-state index in [1.165, 1.54) is 0 Å². The Hall–Kier alpha value is -1.71. The normalized spacial score (nSPS) is 12.2. The largest absolute Gasteiger partial charge is 0.478 e. The number of carboxylic acid groups (broad SMARTS) is 1. The summed E-state index contributed by atoms with van der Waals surface area (Å²) in [7, 11) is 0. The van der Waals surface area contributed by atoms with Gasteiger partial charge in [0.2, 0.25) is 0 Å². The molecule has 0 bridgehead atoms. The second-order valence-corrected chi connectivity index (χ2v) is 4.09. The third kappa shape index (κ3) is 2.70. The van der Waals surface area contributed by atoms with Crippen molar-refractivity contribution in [3.8, 4) is 0 Å². The minimum absolute atomic E-state index is 0.266. The van der Waals surface area contributed by atoms with Gasteiger partial charge >= 0.3 is 5.97 Å². The topological polar surface area (TPSA) is 66.6 Å². The lowest BCUT2D eigenvalue weighted by molar-refractivity contribution is 0.0697. The van der Waals surface area contributed by atoms with E-state index in [2.05, 4.69) is 13.8 Å². The van der Waals surface area contributed by atoms with Gasteiger partial charge in [0.05, 0.1) is 16.9 Å². The molecule has 1 atom stereocenters. The molecule has 1 unspecified atom stereocenters. The number of rotatable bonds is 5. The summed E-state index contributed by atoms with van der Waals surface area (Å²) in [6.07, 6.45) is 0.946. The van der Waals surface area contributed by atoms with E-state index in [4.69, 9.17) is 5.73 Å². The van der Waals surface area contributed by atoms with Crippen LogP contribution in [-0.2, 0) is 0 Å². The van der Waals surface area contributed by atoms with Crippen LogP contribution in [0.2, 0.25) is 0 Å². The molecule has 1 rings (SSSR count). The van der Waals surface area contributed by atoms with Gasteiger partial charge in [-0.25, -0.2) is 4.79 Å². The van der Waals surface area contributed by atoms with E-state index in [1.54, 1.807) is 18.2 Å². The maximum Gasteiger partial charge on any atom is 0.337 e. The van der Waals surface area contributed by atoms with Crippen LogP contribution in [0.25, 0.3) is 0 Å². The number of para-hydroxylation sites is 1. The van der Waals surface area contributed by atoms with Crippen molar-refractivity contribution < 1.29 is 9.90 Å². The zero-order valence-electron chi connectivity index (χ0n) is 10.6. The lowest BCUT2D eigenvalue weighted by atomic mass is 10.1. The van der Waals surface area contributed by atoms with Crippen LogP contribution < -0.4 is 10.6 Å². The highest BCUT2D eigenvalue weighted by Gasteiger charge is 2.20. The Labute approximate surface area is 102 Å². The van der Waals surface area contributed by atoms with Crippen LogP contribution >= 0.6 is 0 Å². The van der Waals surface area contributed by atoms with Gasteiger partial charge in [-0.15, -0.1) is 0 Å². The smallest absolute Gasteiger partial charge is 0.337 e. The maximum atomic E-state index is 11.2. The molecular formula is C13H20N2O2. The predicted octanol–water partition coefficient (Wildman–Crippen LogP) is 2.59. The Morgan fingerprint density at radius 1 is 1.47 bits per heavy atom. The molecule has 0 amide bonds. The van der Waals surface area contributed by atoms with Crippen molar-refractivity contribution in [2.75, 3.05) is 17.2 Å². The Balaban J connectivity index is 3.31. The number of carboxylic acids is 1. The SMILES string of the molecule is CCC(C)N(CC)c1c(N)cccc1C(=O)O. The molecule has 1 aromatic carbocycles. The second kappa shape index (κ2) is 5.57. The van der Waals surface area contributed by atoms with Crippen LogP contribution in [0.3, 0.4) is 0 Å². The quantitative estimate of drug-likeness (QED) is 0.771. The van der Waals surface area contributed by atoms with Gasteiger partial charge < -0.3 is 15.7 Å². The van der Waals surface area contributed by atoms with Crippen molar-refractivity contribution in [1.29, 1.82) is 0 Å². The molecule has 0 saturated carbocycles. The number of aromatic carboxylic acids is 1. The van der Waals surface area contributed by atoms with Crippen LogP contribution in [0.4, 0.5) is 11.4 Å². The van der Waals surface area contributed by atoms with Gasteiger partial charge in [-0.05, 0) is 32.4 Å². The number of nitrogens with two attached hydrogens (primary N) is 1. The first-order valence-electron chi connectivity index (χ1n) is 5.91. The number of hydrogen-bond acceptors (Lipinski definition) is 3. The first-order chi connectivity index (χ1) is 8.02. The lowest BCUT2D eigenvalue weighted by Gasteiger charge is -2.31. The van der Waals surface area contributed by atoms with E-state index in [1.807, 2.05) is 11.8 Å². The lowest BCUT2D eigenvalue weighted by Crippen LogP contribution is -2.34. The van der Waals surface area contributed by atoms with Crippen LogP contribution in [0.1, 0.15) is 37.6 Å². The molecule has 1 aromatic rings. The average molecular weight is 236 g/mol. The zero-order valence-corrected chi connectivity index (χ0v) is 10.6. The molecule has 0 aliphatic carbocycles. The number of benzene rings is 1. The molecule has 0 heterocycles. The monoisotopic (exact) mass is 236 g/mol. The highest BCUT2D eigenvalue weighted by Crippen LogP contribution is 2.30. The van der Waals surface area contributed by atoms with Crippen LogP contribution in [0.5, 0.6) is 0 Å². The number of nitrogens with zero attached hydrogens (tertiary/aromatic N) is 1. The molecule has 0 aliphatic rings. The van der Waals surface area contributed by atoms with Gasteiger partial charge in [0, 0.05) is 12.6 Å². The van der Waals surface area contributed by atoms with E-state index in [-0.39, 0.29) is 11.6 Å². The molecule has 0 saturated heterocycles. The summed E-state index contributed by atoms with van der Waals surface area (Å²) in [6, 6.07) is 5.28. The van der Waals surface area contributed by atoms with Crippen molar-refractivity contribution in [1.82, 2.24) is 0 Å². The van der Waals surface area contributed by atoms with Crippen molar-refractivity contribution in [3.05, 3.63) is 23.8 Å². The molecule has 4 heteroatoms. The summed E-state index contributed by atoms with van der Waals surface area (Å²) in [5.41, 5.74) is 7.35. The second-order valence-electron chi connectivity index (χ2n) is 4.09. The van der Waals surface area contributed by atoms with E-state index in [0.29, 0.717) is 11.4 Å². The van der Waals surface area contributed by atoms with Gasteiger partial charge in [0.25, 0.3) is 0 Å². The van der Waals surface area contributed by atoms with Crippen molar-refractivity contribution >= 4 is 17.3 Å². The Morgan fingerprint density at radius 2 is 2.12 bits per heavy atom. The molecule has 4 nitrogen and oxygen atoms in total. The molecule has 0 aromatic heterocycles. The fourth-order valence-corrected chi connectivity index (χ4v) is 1.97. The van der Waals surface area contributed by atoms with E-state index >= 15 is 0 Å². The van der Waals surface area contributed by atoms with E-state index in [9.17, 15) is 9.90 Å². The van der Waals surface area contributed by atoms with Gasteiger partial charge in [0.15, 0.2) is 0 Å². The minimum Gasteiger partial charge on any atom is -0.478 e. The summed E-state index contributed by atoms with van der Waals surface area (Å²) in [5, 5.41) is 9.21. The molecule has 17 heavy (non-hydrogen) atoms. The number of hydrogen-bond donors (Lipinski definition) is 2. The van der Waals surface area contributed by atoms with Crippen LogP contribution in [-0.4, -0.2) is 23.7 Å². The fourth-order valence-electron chi connectivity index (χ4n) is 1.97. The first kappa shape index (κ1) is 13.4. The summed E-state index contributed by atoms with van der Waals surface area (Å²) >= 11 is 0. The molecule has 94 valence electrons. The molecule has 0 fully saturated rings. The molecule has 0 radical (unpaired) electrons. The molecule has 0 aliphatic heterocycles. The van der Waals surface area contributed by atoms with Crippen LogP contribution in [0, 0.1) is 0 Å².